The Kier molecular flexibility index (Phi) is 2.26. The Balaban J connectivity index is 2.90. The van der Waals surface area contributed by atoms with Gasteiger partial charge in [0.2, 0.25) is 0 Å². The topological polar surface area (TPSA) is 58.9 Å². The Hall–Kier alpha value is -1.77. The number of nitrogens with one attached hydrogen (secondary N) is 1. The van der Waals surface area contributed by atoms with Crippen LogP contribution in [0.2, 0.25) is 0 Å². The minimum absolute atomic E-state index is 0.00142. The summed E-state index contributed by atoms with van der Waals surface area (Å²) in [5, 5.41) is 1.64. The molecular formula is C13H16N2O. The van der Waals surface area contributed by atoms with E-state index in [4.69, 9.17) is 5.73 Å². The fourth-order valence-corrected chi connectivity index (χ4v) is 1.90. The quantitative estimate of drug-likeness (QED) is 0.664. The summed E-state index contributed by atoms with van der Waals surface area (Å²) in [6, 6.07) is 5.47. The fraction of sp³-hybridized carbons (Fsp3) is 0.308. The zero-order valence-corrected chi connectivity index (χ0v) is 9.79. The molecule has 16 heavy (non-hydrogen) atoms. The summed E-state index contributed by atoms with van der Waals surface area (Å²) in [5.41, 5.74) is 7.35. The average Bonchev–Trinajstić information content (AvgIpc) is 2.17. The lowest BCUT2D eigenvalue weighted by Gasteiger charge is -2.20. The van der Waals surface area contributed by atoms with Gasteiger partial charge in [0.15, 0.2) is 0 Å². The fourth-order valence-electron chi connectivity index (χ4n) is 1.90. The molecule has 0 spiro atoms. The Morgan fingerprint density at radius 2 is 1.88 bits per heavy atom. The van der Waals surface area contributed by atoms with Crippen molar-refractivity contribution in [1.29, 1.82) is 0 Å². The smallest absolute Gasteiger partial charge is 0.255 e. The van der Waals surface area contributed by atoms with Crippen molar-refractivity contribution in [2.24, 2.45) is 0 Å². The number of pyridine rings is 1. The maximum Gasteiger partial charge on any atom is 0.255 e. The molecule has 1 heterocycles. The van der Waals surface area contributed by atoms with Crippen LogP contribution in [-0.4, -0.2) is 4.98 Å². The van der Waals surface area contributed by atoms with Gasteiger partial charge in [-0.15, -0.1) is 0 Å². The number of nitrogen functional groups attached to an aromatic ring is 1. The van der Waals surface area contributed by atoms with E-state index in [0.29, 0.717) is 11.1 Å². The number of aromatic nitrogens is 1. The van der Waals surface area contributed by atoms with Crippen LogP contribution >= 0.6 is 0 Å². The van der Waals surface area contributed by atoms with Gasteiger partial charge in [0.1, 0.15) is 0 Å². The molecule has 0 fully saturated rings. The Bertz CT molecular complexity index is 591. The van der Waals surface area contributed by atoms with E-state index in [-0.39, 0.29) is 11.0 Å². The minimum atomic E-state index is -0.0877. The molecule has 0 bridgehead atoms. The molecule has 0 saturated heterocycles. The number of hydrogen-bond acceptors (Lipinski definition) is 2. The van der Waals surface area contributed by atoms with Crippen LogP contribution in [0.4, 0.5) is 5.69 Å². The normalized spacial score (nSPS) is 11.9. The summed E-state index contributed by atoms with van der Waals surface area (Å²) in [6.07, 6.45) is 1.79. The molecule has 0 aliphatic rings. The van der Waals surface area contributed by atoms with Gasteiger partial charge in [-0.25, -0.2) is 0 Å². The molecule has 0 unspecified atom stereocenters. The van der Waals surface area contributed by atoms with Crippen LogP contribution < -0.4 is 11.3 Å². The highest BCUT2D eigenvalue weighted by Gasteiger charge is 2.17. The summed E-state index contributed by atoms with van der Waals surface area (Å²) < 4.78 is 0. The van der Waals surface area contributed by atoms with Gasteiger partial charge in [-0.1, -0.05) is 26.8 Å². The van der Waals surface area contributed by atoms with Gasteiger partial charge in [0.05, 0.1) is 0 Å². The molecule has 2 rings (SSSR count). The number of fused-ring (bicyclic) bond motifs is 1. The number of rotatable bonds is 0. The second-order valence-electron chi connectivity index (χ2n) is 5.09. The van der Waals surface area contributed by atoms with E-state index in [2.05, 4.69) is 25.8 Å². The Labute approximate surface area is 94.3 Å². The molecule has 0 aliphatic heterocycles. The predicted octanol–water partition coefficient (Wildman–Crippen LogP) is 2.41. The number of aromatic amines is 1. The highest BCUT2D eigenvalue weighted by atomic mass is 16.1. The summed E-state index contributed by atoms with van der Waals surface area (Å²) in [6.45, 7) is 6.36. The van der Waals surface area contributed by atoms with Crippen LogP contribution in [0.3, 0.4) is 0 Å². The van der Waals surface area contributed by atoms with Crippen molar-refractivity contribution in [2.45, 2.75) is 26.2 Å². The lowest BCUT2D eigenvalue weighted by molar-refractivity contribution is 0.593. The first-order chi connectivity index (χ1) is 7.39. The molecule has 0 saturated carbocycles. The number of benzene rings is 1. The average molecular weight is 216 g/mol. The largest absolute Gasteiger partial charge is 0.399 e. The molecular weight excluding hydrogens is 200 g/mol. The zero-order valence-electron chi connectivity index (χ0n) is 9.79. The molecule has 1 aromatic heterocycles. The summed E-state index contributed by atoms with van der Waals surface area (Å²) in [7, 11) is 0. The van der Waals surface area contributed by atoms with E-state index >= 15 is 0 Å². The third-order valence-electron chi connectivity index (χ3n) is 2.73. The number of hydrogen-bond donors (Lipinski definition) is 2. The first kappa shape index (κ1) is 10.7. The monoisotopic (exact) mass is 216 g/mol. The van der Waals surface area contributed by atoms with E-state index in [1.807, 2.05) is 12.1 Å². The molecule has 3 nitrogen and oxygen atoms in total. The third-order valence-corrected chi connectivity index (χ3v) is 2.73. The lowest BCUT2D eigenvalue weighted by Crippen LogP contribution is -2.16. The maximum absolute atomic E-state index is 11.7. The molecule has 2 aromatic rings. The van der Waals surface area contributed by atoms with Crippen LogP contribution in [0.1, 0.15) is 26.3 Å². The lowest BCUT2D eigenvalue weighted by atomic mass is 9.85. The van der Waals surface area contributed by atoms with Crippen LogP contribution in [0, 0.1) is 0 Å². The van der Waals surface area contributed by atoms with Crippen LogP contribution in [-0.2, 0) is 5.41 Å². The van der Waals surface area contributed by atoms with E-state index in [9.17, 15) is 4.79 Å². The van der Waals surface area contributed by atoms with E-state index in [1.165, 1.54) is 0 Å². The molecule has 0 atom stereocenters. The van der Waals surface area contributed by atoms with Gasteiger partial charge in [0.25, 0.3) is 5.56 Å². The van der Waals surface area contributed by atoms with Crippen molar-refractivity contribution >= 4 is 16.5 Å². The number of anilines is 1. The molecule has 0 amide bonds. The van der Waals surface area contributed by atoms with E-state index < -0.39 is 0 Å². The molecule has 3 N–H and O–H groups in total. The van der Waals surface area contributed by atoms with Crippen molar-refractivity contribution in [3.8, 4) is 0 Å². The zero-order chi connectivity index (χ0) is 11.9. The van der Waals surface area contributed by atoms with Gasteiger partial charge in [-0.2, -0.15) is 0 Å². The van der Waals surface area contributed by atoms with E-state index in [1.54, 1.807) is 12.3 Å². The van der Waals surface area contributed by atoms with Crippen molar-refractivity contribution in [3.63, 3.8) is 0 Å². The number of H-pyrrole nitrogens is 1. The minimum Gasteiger partial charge on any atom is -0.399 e. The van der Waals surface area contributed by atoms with Crippen molar-refractivity contribution in [1.82, 2.24) is 4.98 Å². The predicted molar refractivity (Wildman–Crippen MR) is 67.7 cm³/mol. The first-order valence-electron chi connectivity index (χ1n) is 5.31. The summed E-state index contributed by atoms with van der Waals surface area (Å²) in [4.78, 5) is 14.5. The van der Waals surface area contributed by atoms with Crippen molar-refractivity contribution in [2.75, 3.05) is 5.73 Å². The molecule has 1 aromatic carbocycles. The Morgan fingerprint density at radius 1 is 1.19 bits per heavy atom. The highest BCUT2D eigenvalue weighted by Crippen LogP contribution is 2.28. The Morgan fingerprint density at radius 3 is 2.50 bits per heavy atom. The molecule has 84 valence electrons. The maximum atomic E-state index is 11.7. The standard InChI is InChI=1S/C13H16N2O/c1-13(2,3)11-7-15-12(16)10-6-8(14)4-5-9(10)11/h4-7H,14H2,1-3H3,(H,15,16). The van der Waals surface area contributed by atoms with Gasteiger partial charge in [0, 0.05) is 17.3 Å². The summed E-state index contributed by atoms with van der Waals surface area (Å²) >= 11 is 0. The van der Waals surface area contributed by atoms with E-state index in [0.717, 1.165) is 10.9 Å². The van der Waals surface area contributed by atoms with Crippen molar-refractivity contribution in [3.05, 3.63) is 40.3 Å². The summed E-state index contributed by atoms with van der Waals surface area (Å²) in [5.74, 6) is 0. The van der Waals surface area contributed by atoms with Crippen molar-refractivity contribution < 1.29 is 0 Å². The van der Waals surface area contributed by atoms with Gasteiger partial charge in [-0.3, -0.25) is 4.79 Å². The van der Waals surface area contributed by atoms with Gasteiger partial charge in [-0.05, 0) is 28.5 Å². The number of nitrogens with two attached hydrogens (primary N) is 1. The second-order valence-corrected chi connectivity index (χ2v) is 5.09. The SMILES string of the molecule is CC(C)(C)c1c[nH]c(=O)c2cc(N)ccc12. The molecule has 0 aliphatic carbocycles. The third kappa shape index (κ3) is 1.69. The van der Waals surface area contributed by atoms with Crippen LogP contribution in [0.25, 0.3) is 10.8 Å². The molecule has 3 heteroatoms. The van der Waals surface area contributed by atoms with Crippen LogP contribution in [0.15, 0.2) is 29.2 Å². The second kappa shape index (κ2) is 3.37. The highest BCUT2D eigenvalue weighted by molar-refractivity contribution is 5.87. The van der Waals surface area contributed by atoms with Gasteiger partial charge < -0.3 is 10.7 Å². The first-order valence-corrected chi connectivity index (χ1v) is 5.31. The van der Waals surface area contributed by atoms with Crippen LogP contribution in [0.5, 0.6) is 0 Å². The molecule has 0 radical (unpaired) electrons. The van der Waals surface area contributed by atoms with Gasteiger partial charge >= 0.3 is 0 Å².